The normalized spacial score (nSPS) is 29.1. The van der Waals surface area contributed by atoms with Crippen molar-refractivity contribution in [3.63, 3.8) is 0 Å². The Morgan fingerprint density at radius 3 is 2.57 bits per heavy atom. The van der Waals surface area contributed by atoms with Gasteiger partial charge in [0.05, 0.1) is 19.0 Å². The quantitative estimate of drug-likeness (QED) is 0.425. The lowest BCUT2D eigenvalue weighted by Crippen LogP contribution is -2.28. The van der Waals surface area contributed by atoms with Crippen molar-refractivity contribution in [3.8, 4) is 0 Å². The van der Waals surface area contributed by atoms with Crippen LogP contribution in [0, 0.1) is 11.8 Å². The third-order valence-electron chi connectivity index (χ3n) is 3.02. The number of rotatable bonds is 4. The van der Waals surface area contributed by atoms with Gasteiger partial charge in [0, 0.05) is 13.0 Å². The first kappa shape index (κ1) is 11.5. The highest BCUT2D eigenvalue weighted by atomic mass is 16.5. The van der Waals surface area contributed by atoms with Crippen LogP contribution in [0.15, 0.2) is 4.99 Å². The van der Waals surface area contributed by atoms with E-state index in [2.05, 4.69) is 11.9 Å². The Bertz CT molecular complexity index is 184. The fourth-order valence-electron chi connectivity index (χ4n) is 1.95. The zero-order chi connectivity index (χ0) is 10.4. The predicted octanol–water partition coefficient (Wildman–Crippen LogP) is 1.82. The summed E-state index contributed by atoms with van der Waals surface area (Å²) in [5, 5.41) is 0. The second-order valence-electron chi connectivity index (χ2n) is 4.26. The van der Waals surface area contributed by atoms with E-state index < -0.39 is 0 Å². The third-order valence-corrected chi connectivity index (χ3v) is 3.02. The van der Waals surface area contributed by atoms with Crippen LogP contribution in [0.3, 0.4) is 0 Å². The van der Waals surface area contributed by atoms with Gasteiger partial charge in [-0.3, -0.25) is 4.99 Å². The summed E-state index contributed by atoms with van der Waals surface area (Å²) >= 11 is 0. The molecule has 0 spiro atoms. The Hall–Kier alpha value is -0.570. The van der Waals surface area contributed by atoms with Crippen LogP contribution in [-0.4, -0.2) is 26.1 Å². The number of amidine groups is 1. The molecule has 0 atom stereocenters. The monoisotopic (exact) mass is 198 g/mol. The lowest BCUT2D eigenvalue weighted by atomic mass is 9.82. The summed E-state index contributed by atoms with van der Waals surface area (Å²) in [6.07, 6.45) is 5.02. The van der Waals surface area contributed by atoms with Crippen LogP contribution >= 0.6 is 0 Å². The van der Waals surface area contributed by atoms with Gasteiger partial charge in [-0.2, -0.15) is 0 Å². The first-order chi connectivity index (χ1) is 6.74. The molecule has 0 aromatic rings. The smallest absolute Gasteiger partial charge is 0.0969 e. The number of hydrogen-bond donors (Lipinski definition) is 1. The first-order valence-corrected chi connectivity index (χ1v) is 5.52. The molecule has 0 aromatic carbocycles. The third kappa shape index (κ3) is 3.66. The van der Waals surface area contributed by atoms with E-state index in [9.17, 15) is 0 Å². The van der Waals surface area contributed by atoms with Crippen molar-refractivity contribution in [1.82, 2.24) is 0 Å². The molecule has 0 heterocycles. The molecule has 0 aromatic heterocycles. The van der Waals surface area contributed by atoms with Crippen LogP contribution in [0.25, 0.3) is 0 Å². The summed E-state index contributed by atoms with van der Waals surface area (Å²) in [5.41, 5.74) is 5.93. The predicted molar refractivity (Wildman–Crippen MR) is 59.5 cm³/mol. The molecule has 3 nitrogen and oxygen atoms in total. The van der Waals surface area contributed by atoms with E-state index in [4.69, 9.17) is 10.5 Å². The van der Waals surface area contributed by atoms with Crippen molar-refractivity contribution in [1.29, 1.82) is 0 Å². The van der Waals surface area contributed by atoms with Crippen LogP contribution in [0.1, 0.15) is 32.6 Å². The van der Waals surface area contributed by atoms with E-state index in [1.807, 2.05) is 0 Å². The van der Waals surface area contributed by atoms with Crippen molar-refractivity contribution >= 4 is 5.84 Å². The van der Waals surface area contributed by atoms with Crippen molar-refractivity contribution in [2.24, 2.45) is 22.6 Å². The van der Waals surface area contributed by atoms with Gasteiger partial charge in [0.25, 0.3) is 0 Å². The molecule has 1 aliphatic rings. The number of hydrogen-bond acceptors (Lipinski definition) is 2. The molecular weight excluding hydrogens is 176 g/mol. The average Bonchev–Trinajstić information content (AvgIpc) is 2.19. The van der Waals surface area contributed by atoms with Crippen LogP contribution < -0.4 is 5.73 Å². The molecule has 0 radical (unpaired) electrons. The topological polar surface area (TPSA) is 47.6 Å². The van der Waals surface area contributed by atoms with Gasteiger partial charge in [0.1, 0.15) is 0 Å². The lowest BCUT2D eigenvalue weighted by molar-refractivity contribution is 0.207. The summed E-state index contributed by atoms with van der Waals surface area (Å²) in [4.78, 5) is 4.33. The first-order valence-electron chi connectivity index (χ1n) is 5.52. The molecule has 0 saturated heterocycles. The second-order valence-corrected chi connectivity index (χ2v) is 4.26. The van der Waals surface area contributed by atoms with E-state index >= 15 is 0 Å². The van der Waals surface area contributed by atoms with Gasteiger partial charge in [-0.1, -0.05) is 19.8 Å². The highest BCUT2D eigenvalue weighted by Gasteiger charge is 2.20. The molecule has 3 heteroatoms. The average molecular weight is 198 g/mol. The Morgan fingerprint density at radius 1 is 1.36 bits per heavy atom. The van der Waals surface area contributed by atoms with Gasteiger partial charge in [-0.05, 0) is 18.8 Å². The largest absolute Gasteiger partial charge is 0.387 e. The van der Waals surface area contributed by atoms with Crippen LogP contribution in [-0.2, 0) is 4.74 Å². The molecule has 1 fully saturated rings. The second kappa shape index (κ2) is 6.02. The molecule has 2 N–H and O–H groups in total. The number of aliphatic imine (C=N–C) groups is 1. The minimum atomic E-state index is 0.531. The van der Waals surface area contributed by atoms with E-state index in [1.165, 1.54) is 25.7 Å². The fourth-order valence-corrected chi connectivity index (χ4v) is 1.95. The van der Waals surface area contributed by atoms with Gasteiger partial charge in [0.15, 0.2) is 0 Å². The van der Waals surface area contributed by atoms with E-state index in [0.29, 0.717) is 19.1 Å². The Labute approximate surface area is 86.7 Å². The van der Waals surface area contributed by atoms with Crippen molar-refractivity contribution in [2.45, 2.75) is 32.6 Å². The van der Waals surface area contributed by atoms with E-state index in [-0.39, 0.29) is 0 Å². The Kier molecular flexibility index (Phi) is 4.94. The van der Waals surface area contributed by atoms with Gasteiger partial charge in [0.2, 0.25) is 0 Å². The molecule has 0 amide bonds. The van der Waals surface area contributed by atoms with Gasteiger partial charge in [-0.25, -0.2) is 0 Å². The molecule has 0 unspecified atom stereocenters. The molecule has 0 aliphatic heterocycles. The van der Waals surface area contributed by atoms with Crippen molar-refractivity contribution in [2.75, 3.05) is 20.3 Å². The maximum absolute atomic E-state index is 5.93. The Balaban J connectivity index is 2.29. The van der Waals surface area contributed by atoms with Crippen molar-refractivity contribution < 1.29 is 4.74 Å². The highest BCUT2D eigenvalue weighted by Crippen LogP contribution is 2.28. The molecule has 14 heavy (non-hydrogen) atoms. The summed E-state index contributed by atoms with van der Waals surface area (Å²) < 4.78 is 4.93. The molecule has 1 saturated carbocycles. The fraction of sp³-hybridized carbons (Fsp3) is 0.909. The summed E-state index contributed by atoms with van der Waals surface area (Å²) in [6, 6.07) is 0. The number of ether oxygens (including phenoxy) is 1. The highest BCUT2D eigenvalue weighted by molar-refractivity contribution is 5.82. The van der Waals surface area contributed by atoms with Gasteiger partial charge in [-0.15, -0.1) is 0 Å². The summed E-state index contributed by atoms with van der Waals surface area (Å²) in [7, 11) is 1.69. The molecule has 1 aliphatic carbocycles. The number of nitrogens with two attached hydrogens (primary N) is 1. The van der Waals surface area contributed by atoms with Crippen LogP contribution in [0.5, 0.6) is 0 Å². The maximum Gasteiger partial charge on any atom is 0.0969 e. The van der Waals surface area contributed by atoms with Crippen molar-refractivity contribution in [3.05, 3.63) is 0 Å². The van der Waals surface area contributed by atoms with Crippen LogP contribution in [0.2, 0.25) is 0 Å². The van der Waals surface area contributed by atoms with Gasteiger partial charge >= 0.3 is 0 Å². The van der Waals surface area contributed by atoms with E-state index in [0.717, 1.165) is 11.8 Å². The Morgan fingerprint density at radius 2 is 2.00 bits per heavy atom. The van der Waals surface area contributed by atoms with Gasteiger partial charge < -0.3 is 10.5 Å². The molecule has 82 valence electrons. The molecule has 1 rings (SSSR count). The maximum atomic E-state index is 5.93. The van der Waals surface area contributed by atoms with E-state index in [1.54, 1.807) is 7.11 Å². The zero-order valence-electron chi connectivity index (χ0n) is 9.33. The molecular formula is C11H22N2O. The number of nitrogens with zero attached hydrogens (tertiary/aromatic N) is 1. The molecule has 0 bridgehead atoms. The standard InChI is InChI=1S/C11H22N2O/c1-9-3-5-10(6-4-9)11(12)13-7-8-14-2/h9-10H,3-8H2,1-2H3,(H2,12,13). The minimum absolute atomic E-state index is 0.531. The lowest BCUT2D eigenvalue weighted by Gasteiger charge is -2.25. The number of methoxy groups -OCH3 is 1. The SMILES string of the molecule is COCCN=C(N)C1CCC(C)CC1. The zero-order valence-corrected chi connectivity index (χ0v) is 9.33. The minimum Gasteiger partial charge on any atom is -0.387 e. The van der Waals surface area contributed by atoms with Crippen LogP contribution in [0.4, 0.5) is 0 Å². The summed E-state index contributed by atoms with van der Waals surface area (Å²) in [6.45, 7) is 3.69. The summed E-state index contributed by atoms with van der Waals surface area (Å²) in [5.74, 6) is 2.25.